The summed E-state index contributed by atoms with van der Waals surface area (Å²) in [5.41, 5.74) is 0.238. The molecule has 0 saturated heterocycles. The van der Waals surface area contributed by atoms with E-state index in [9.17, 15) is 0 Å². The Labute approximate surface area is 83.0 Å². The molecule has 0 aliphatic rings. The second kappa shape index (κ2) is 6.17. The predicted octanol–water partition coefficient (Wildman–Crippen LogP) is 1.88. The normalized spacial score (nSPS) is 13.1. The van der Waals surface area contributed by atoms with Gasteiger partial charge in [-0.15, -0.1) is 0 Å². The average molecular weight is 184 g/mol. The fourth-order valence-electron chi connectivity index (χ4n) is 0.998. The second-order valence-corrected chi connectivity index (χ2v) is 4.51. The highest BCUT2D eigenvalue weighted by atomic mass is 15.1. The van der Waals surface area contributed by atoms with Crippen molar-refractivity contribution in [2.45, 2.75) is 33.2 Å². The minimum Gasteiger partial charge on any atom is -0.311 e. The maximum absolute atomic E-state index is 3.46. The third-order valence-corrected chi connectivity index (χ3v) is 1.80. The molecule has 0 aromatic carbocycles. The van der Waals surface area contributed by atoms with E-state index in [0.717, 1.165) is 19.6 Å². The first-order chi connectivity index (χ1) is 5.95. The molecule has 0 fully saturated rings. The Morgan fingerprint density at radius 2 is 1.92 bits per heavy atom. The third kappa shape index (κ3) is 9.57. The van der Waals surface area contributed by atoms with E-state index >= 15 is 0 Å². The number of likely N-dealkylation sites (N-methyl/N-ethyl adjacent to an activating group) is 1. The van der Waals surface area contributed by atoms with E-state index in [1.54, 1.807) is 0 Å². The largest absolute Gasteiger partial charge is 0.311 e. The first kappa shape index (κ1) is 12.7. The summed E-state index contributed by atoms with van der Waals surface area (Å²) in [5.74, 6) is 0. The molecule has 0 aromatic heterocycles. The van der Waals surface area contributed by atoms with Crippen molar-refractivity contribution in [2.75, 3.05) is 26.7 Å². The summed E-state index contributed by atoms with van der Waals surface area (Å²) in [6, 6.07) is 0. The van der Waals surface area contributed by atoms with Crippen LogP contribution in [0.2, 0.25) is 0 Å². The lowest BCUT2D eigenvalue weighted by Gasteiger charge is -2.22. The minimum absolute atomic E-state index is 0.238. The zero-order valence-electron chi connectivity index (χ0n) is 9.72. The van der Waals surface area contributed by atoms with Crippen LogP contribution < -0.4 is 5.32 Å². The molecular formula is C11H24N2. The molecule has 2 nitrogen and oxygen atoms in total. The summed E-state index contributed by atoms with van der Waals surface area (Å²) in [5, 5.41) is 3.46. The van der Waals surface area contributed by atoms with Crippen LogP contribution in [0.5, 0.6) is 0 Å². The first-order valence-electron chi connectivity index (χ1n) is 5.00. The number of hydrogen-bond acceptors (Lipinski definition) is 2. The van der Waals surface area contributed by atoms with Crippen LogP contribution in [0.25, 0.3) is 0 Å². The van der Waals surface area contributed by atoms with Crippen LogP contribution in [0, 0.1) is 0 Å². The van der Waals surface area contributed by atoms with Crippen LogP contribution in [0.15, 0.2) is 12.2 Å². The minimum atomic E-state index is 0.238. The lowest BCUT2D eigenvalue weighted by Crippen LogP contribution is -2.40. The number of nitrogens with one attached hydrogen (secondary N) is 1. The molecule has 0 radical (unpaired) electrons. The monoisotopic (exact) mass is 184 g/mol. The lowest BCUT2D eigenvalue weighted by atomic mass is 10.1. The van der Waals surface area contributed by atoms with E-state index in [0.29, 0.717) is 0 Å². The van der Waals surface area contributed by atoms with E-state index < -0.39 is 0 Å². The van der Waals surface area contributed by atoms with Crippen molar-refractivity contribution in [3.05, 3.63) is 12.2 Å². The molecule has 0 aliphatic carbocycles. The van der Waals surface area contributed by atoms with Crippen molar-refractivity contribution >= 4 is 0 Å². The van der Waals surface area contributed by atoms with Gasteiger partial charge in [-0.05, 0) is 34.7 Å². The Bertz CT molecular complexity index is 145. The summed E-state index contributed by atoms with van der Waals surface area (Å²) in [4.78, 5) is 2.30. The molecule has 0 bridgehead atoms. The van der Waals surface area contributed by atoms with Gasteiger partial charge >= 0.3 is 0 Å². The van der Waals surface area contributed by atoms with Gasteiger partial charge in [0.1, 0.15) is 0 Å². The predicted molar refractivity (Wildman–Crippen MR) is 60.1 cm³/mol. The molecule has 0 unspecified atom stereocenters. The van der Waals surface area contributed by atoms with Gasteiger partial charge in [0.05, 0.1) is 0 Å². The van der Waals surface area contributed by atoms with Gasteiger partial charge in [0.25, 0.3) is 0 Å². The van der Waals surface area contributed by atoms with Crippen molar-refractivity contribution in [3.8, 4) is 0 Å². The number of hydrogen-bond donors (Lipinski definition) is 1. The fourth-order valence-corrected chi connectivity index (χ4v) is 0.998. The number of rotatable bonds is 5. The maximum atomic E-state index is 3.46. The van der Waals surface area contributed by atoms with Crippen molar-refractivity contribution in [3.63, 3.8) is 0 Å². The van der Waals surface area contributed by atoms with Gasteiger partial charge in [0, 0.05) is 25.2 Å². The van der Waals surface area contributed by atoms with Crippen LogP contribution in [-0.2, 0) is 0 Å². The quantitative estimate of drug-likeness (QED) is 0.656. The van der Waals surface area contributed by atoms with E-state index in [4.69, 9.17) is 0 Å². The topological polar surface area (TPSA) is 15.3 Å². The van der Waals surface area contributed by atoms with E-state index in [2.05, 4.69) is 57.1 Å². The van der Waals surface area contributed by atoms with Crippen molar-refractivity contribution in [1.82, 2.24) is 10.2 Å². The summed E-state index contributed by atoms with van der Waals surface area (Å²) in [6.45, 7) is 11.8. The van der Waals surface area contributed by atoms with Gasteiger partial charge in [-0.1, -0.05) is 12.2 Å². The molecule has 0 heterocycles. The smallest absolute Gasteiger partial charge is 0.0160 e. The van der Waals surface area contributed by atoms with Gasteiger partial charge in [-0.25, -0.2) is 0 Å². The molecular weight excluding hydrogens is 160 g/mol. The second-order valence-electron chi connectivity index (χ2n) is 4.51. The molecule has 78 valence electrons. The Morgan fingerprint density at radius 1 is 1.31 bits per heavy atom. The van der Waals surface area contributed by atoms with Crippen molar-refractivity contribution in [1.29, 1.82) is 0 Å². The van der Waals surface area contributed by atoms with Crippen LogP contribution in [0.1, 0.15) is 27.7 Å². The molecule has 13 heavy (non-hydrogen) atoms. The summed E-state index contributed by atoms with van der Waals surface area (Å²) in [6.07, 6.45) is 4.27. The number of allylic oxidation sites excluding steroid dienone is 1. The summed E-state index contributed by atoms with van der Waals surface area (Å²) >= 11 is 0. The Balaban J connectivity index is 3.42. The van der Waals surface area contributed by atoms with E-state index in [-0.39, 0.29) is 5.54 Å². The van der Waals surface area contributed by atoms with Crippen LogP contribution >= 0.6 is 0 Å². The first-order valence-corrected chi connectivity index (χ1v) is 5.00. The van der Waals surface area contributed by atoms with Gasteiger partial charge in [0.2, 0.25) is 0 Å². The van der Waals surface area contributed by atoms with Gasteiger partial charge < -0.3 is 10.2 Å². The van der Waals surface area contributed by atoms with E-state index in [1.165, 1.54) is 0 Å². The Hall–Kier alpha value is -0.340. The molecule has 0 spiro atoms. The SMILES string of the molecule is C/C=C/CN(C)CCNC(C)(C)C. The maximum Gasteiger partial charge on any atom is 0.0160 e. The van der Waals surface area contributed by atoms with Gasteiger partial charge in [0.15, 0.2) is 0 Å². The van der Waals surface area contributed by atoms with Crippen LogP contribution in [0.3, 0.4) is 0 Å². The van der Waals surface area contributed by atoms with Gasteiger partial charge in [-0.2, -0.15) is 0 Å². The molecule has 0 amide bonds. The lowest BCUT2D eigenvalue weighted by molar-refractivity contribution is 0.333. The number of nitrogens with zero attached hydrogens (tertiary/aromatic N) is 1. The Morgan fingerprint density at radius 3 is 2.38 bits per heavy atom. The van der Waals surface area contributed by atoms with Crippen molar-refractivity contribution in [2.24, 2.45) is 0 Å². The van der Waals surface area contributed by atoms with Crippen LogP contribution in [-0.4, -0.2) is 37.1 Å². The highest BCUT2D eigenvalue weighted by Gasteiger charge is 2.07. The molecule has 2 heteroatoms. The molecule has 0 rings (SSSR count). The molecule has 0 atom stereocenters. The zero-order chi connectivity index (χ0) is 10.3. The summed E-state index contributed by atoms with van der Waals surface area (Å²) < 4.78 is 0. The Kier molecular flexibility index (Phi) is 6.00. The van der Waals surface area contributed by atoms with Gasteiger partial charge in [-0.3, -0.25) is 0 Å². The molecule has 0 aromatic rings. The molecule has 0 saturated carbocycles. The summed E-state index contributed by atoms with van der Waals surface area (Å²) in [7, 11) is 2.14. The third-order valence-electron chi connectivity index (χ3n) is 1.80. The van der Waals surface area contributed by atoms with Crippen LogP contribution in [0.4, 0.5) is 0 Å². The zero-order valence-corrected chi connectivity index (χ0v) is 9.72. The fraction of sp³-hybridized carbons (Fsp3) is 0.818. The molecule has 1 N–H and O–H groups in total. The van der Waals surface area contributed by atoms with Crippen molar-refractivity contribution < 1.29 is 0 Å². The molecule has 0 aliphatic heterocycles. The highest BCUT2D eigenvalue weighted by molar-refractivity contribution is 4.80. The van der Waals surface area contributed by atoms with E-state index in [1.807, 2.05) is 0 Å². The average Bonchev–Trinajstić information content (AvgIpc) is 1.98. The standard InChI is InChI=1S/C11H24N2/c1-6-7-9-13(5)10-8-12-11(2,3)4/h6-7,12H,8-10H2,1-5H3/b7-6+. The highest BCUT2D eigenvalue weighted by Crippen LogP contribution is 1.97.